The number of hydrogen-bond acceptors (Lipinski definition) is 5. The Bertz CT molecular complexity index is 958. The molecule has 0 N–H and O–H groups in total. The normalized spacial score (nSPS) is 22.5. The van der Waals surface area contributed by atoms with Crippen LogP contribution >= 0.6 is 11.6 Å². The van der Waals surface area contributed by atoms with Crippen LogP contribution in [0.5, 0.6) is 0 Å². The van der Waals surface area contributed by atoms with E-state index in [0.29, 0.717) is 12.8 Å². The zero-order valence-corrected chi connectivity index (χ0v) is 21.9. The summed E-state index contributed by atoms with van der Waals surface area (Å²) in [6, 6.07) is 4.43. The van der Waals surface area contributed by atoms with Crippen LogP contribution in [0.3, 0.4) is 0 Å². The number of non-ortho nitro benzene ring substituents is 1. The van der Waals surface area contributed by atoms with Gasteiger partial charge < -0.3 is 4.43 Å². The van der Waals surface area contributed by atoms with Gasteiger partial charge in [-0.1, -0.05) is 39.0 Å². The first-order valence-corrected chi connectivity index (χ1v) is 15.3. The molecule has 0 unspecified atom stereocenters. The van der Waals surface area contributed by atoms with Crippen molar-refractivity contribution >= 4 is 35.6 Å². The van der Waals surface area contributed by atoms with Gasteiger partial charge in [-0.2, -0.15) is 4.31 Å². The molecule has 1 aromatic rings. The quantitative estimate of drug-likeness (QED) is 0.155. The number of halogens is 1. The maximum atomic E-state index is 13.5. The maximum absolute atomic E-state index is 13.5. The molecule has 0 aromatic heterocycles. The third-order valence-corrected chi connectivity index (χ3v) is 12.9. The van der Waals surface area contributed by atoms with Crippen molar-refractivity contribution in [2.24, 2.45) is 0 Å². The molecule has 2 rings (SSSR count). The highest BCUT2D eigenvalue weighted by Gasteiger charge is 2.41. The minimum Gasteiger partial charge on any atom is -0.414 e. The third kappa shape index (κ3) is 6.29. The monoisotopic (exact) mass is 500 g/mol. The fourth-order valence-corrected chi connectivity index (χ4v) is 6.57. The topological polar surface area (TPSA) is 89.8 Å². The molecule has 0 fully saturated rings. The molecule has 1 aromatic carbocycles. The molecular formula is C22H33ClN2O5SSi. The molecule has 0 heterocycles. The molecule has 0 bridgehead atoms. The van der Waals surface area contributed by atoms with Gasteiger partial charge in [-0.15, -0.1) is 18.2 Å². The van der Waals surface area contributed by atoms with Gasteiger partial charge >= 0.3 is 0 Å². The van der Waals surface area contributed by atoms with Crippen molar-refractivity contribution in [2.75, 3.05) is 6.54 Å². The van der Waals surface area contributed by atoms with Gasteiger partial charge in [-0.3, -0.25) is 10.1 Å². The first-order chi connectivity index (χ1) is 14.7. The summed E-state index contributed by atoms with van der Waals surface area (Å²) in [5.41, 5.74) is -0.165. The number of sulfonamides is 1. The van der Waals surface area contributed by atoms with Crippen molar-refractivity contribution in [3.8, 4) is 0 Å². The molecule has 32 heavy (non-hydrogen) atoms. The lowest BCUT2D eigenvalue weighted by Gasteiger charge is -2.40. The van der Waals surface area contributed by atoms with E-state index in [4.69, 9.17) is 16.0 Å². The van der Waals surface area contributed by atoms with Crippen LogP contribution in [0.25, 0.3) is 0 Å². The molecule has 0 saturated carbocycles. The Morgan fingerprint density at radius 3 is 2.34 bits per heavy atom. The fourth-order valence-electron chi connectivity index (χ4n) is 3.34. The number of hydrogen-bond donors (Lipinski definition) is 0. The van der Waals surface area contributed by atoms with E-state index >= 15 is 0 Å². The smallest absolute Gasteiger partial charge is 0.269 e. The number of alkyl halides is 1. The fraction of sp³-hybridized carbons (Fsp3) is 0.545. The maximum Gasteiger partial charge on any atom is 0.269 e. The average Bonchev–Trinajstić information content (AvgIpc) is 2.85. The Balaban J connectivity index is 2.38. The lowest BCUT2D eigenvalue weighted by Crippen LogP contribution is -2.46. The van der Waals surface area contributed by atoms with E-state index in [1.165, 1.54) is 34.6 Å². The predicted molar refractivity (Wildman–Crippen MR) is 131 cm³/mol. The average molecular weight is 501 g/mol. The number of nitro groups is 1. The number of rotatable bonds is 8. The van der Waals surface area contributed by atoms with Crippen molar-refractivity contribution in [2.45, 2.75) is 74.2 Å². The van der Waals surface area contributed by atoms with E-state index < -0.39 is 29.3 Å². The van der Waals surface area contributed by atoms with Crippen LogP contribution in [-0.4, -0.2) is 50.0 Å². The molecule has 3 atom stereocenters. The van der Waals surface area contributed by atoms with Crippen molar-refractivity contribution in [3.05, 3.63) is 59.2 Å². The minimum absolute atomic E-state index is 0.00751. The van der Waals surface area contributed by atoms with E-state index in [1.54, 1.807) is 0 Å². The largest absolute Gasteiger partial charge is 0.414 e. The standard InChI is InChI=1S/C22H33ClN2O5SSi/c1-7-14-24(31(28,29)21-12-10-18(11-13-21)25(26)27)19-9-8-17(23)15-20(16-19)30-32(5,6)22(2,3)4/h7-13,17,19-20H,1,14-16H2,2-6H3/t17-,19+,20+/m0/s1. The van der Waals surface area contributed by atoms with Gasteiger partial charge in [0.2, 0.25) is 10.0 Å². The minimum atomic E-state index is -3.93. The number of nitro benzene ring substituents is 1. The predicted octanol–water partition coefficient (Wildman–Crippen LogP) is 5.49. The third-order valence-electron chi connectivity index (χ3n) is 6.14. The van der Waals surface area contributed by atoms with Gasteiger partial charge in [0.05, 0.1) is 15.2 Å². The lowest BCUT2D eigenvalue weighted by molar-refractivity contribution is -0.384. The summed E-state index contributed by atoms with van der Waals surface area (Å²) in [6.07, 6.45) is 6.04. The zero-order chi connectivity index (χ0) is 24.3. The molecule has 7 nitrogen and oxygen atoms in total. The lowest BCUT2D eigenvalue weighted by atomic mass is 10.1. The van der Waals surface area contributed by atoms with Crippen LogP contribution in [0.2, 0.25) is 18.1 Å². The Labute approximate surface area is 197 Å². The van der Waals surface area contributed by atoms with Crippen LogP contribution in [0.4, 0.5) is 5.69 Å². The van der Waals surface area contributed by atoms with Gasteiger partial charge in [0.15, 0.2) is 8.32 Å². The van der Waals surface area contributed by atoms with Crippen LogP contribution in [0, 0.1) is 10.1 Å². The first kappa shape index (κ1) is 26.7. The first-order valence-electron chi connectivity index (χ1n) is 10.6. The van der Waals surface area contributed by atoms with Gasteiger partial charge in [0.25, 0.3) is 5.69 Å². The van der Waals surface area contributed by atoms with E-state index in [2.05, 4.69) is 40.4 Å². The summed E-state index contributed by atoms with van der Waals surface area (Å²) >= 11 is 6.48. The number of allylic oxidation sites excluding steroid dienone is 1. The summed E-state index contributed by atoms with van der Waals surface area (Å²) in [6.45, 7) is 14.6. The summed E-state index contributed by atoms with van der Waals surface area (Å²) < 4.78 is 34.9. The molecule has 178 valence electrons. The molecule has 0 saturated heterocycles. The van der Waals surface area contributed by atoms with Crippen molar-refractivity contribution in [1.82, 2.24) is 4.31 Å². The molecule has 0 amide bonds. The SMILES string of the molecule is C=CCN([C@@H]1C=C[C@H](Cl)C[C@@H](O[Si](C)(C)C(C)(C)C)C1)S(=O)(=O)c1ccc([N+](=O)[O-])cc1. The summed E-state index contributed by atoms with van der Waals surface area (Å²) in [7, 11) is -6.03. The Morgan fingerprint density at radius 1 is 1.25 bits per heavy atom. The molecule has 0 radical (unpaired) electrons. The summed E-state index contributed by atoms with van der Waals surface area (Å²) in [4.78, 5) is 10.4. The van der Waals surface area contributed by atoms with Crippen molar-refractivity contribution in [3.63, 3.8) is 0 Å². The summed E-state index contributed by atoms with van der Waals surface area (Å²) in [5, 5.41) is 10.7. The Hall–Kier alpha value is -1.52. The molecule has 1 aliphatic carbocycles. The van der Waals surface area contributed by atoms with Crippen molar-refractivity contribution < 1.29 is 17.8 Å². The highest BCUT2D eigenvalue weighted by Crippen LogP contribution is 2.39. The molecule has 1 aliphatic rings. The molecule has 10 heteroatoms. The Morgan fingerprint density at radius 2 is 1.84 bits per heavy atom. The van der Waals surface area contributed by atoms with Gasteiger partial charge in [0.1, 0.15) is 0 Å². The van der Waals surface area contributed by atoms with Crippen LogP contribution in [0.15, 0.2) is 54.0 Å². The van der Waals surface area contributed by atoms with Gasteiger partial charge in [-0.05, 0) is 43.1 Å². The molecular weight excluding hydrogens is 468 g/mol. The van der Waals surface area contributed by atoms with E-state index in [-0.39, 0.29) is 33.6 Å². The second-order valence-electron chi connectivity index (χ2n) is 9.55. The van der Waals surface area contributed by atoms with E-state index in [9.17, 15) is 18.5 Å². The van der Waals surface area contributed by atoms with E-state index in [1.807, 2.05) is 12.2 Å². The molecule has 0 spiro atoms. The van der Waals surface area contributed by atoms with E-state index in [0.717, 1.165) is 0 Å². The number of benzene rings is 1. The van der Waals surface area contributed by atoms with Gasteiger partial charge in [0, 0.05) is 30.8 Å². The Kier molecular flexibility index (Phi) is 8.50. The van der Waals surface area contributed by atoms with Gasteiger partial charge in [-0.25, -0.2) is 8.42 Å². The van der Waals surface area contributed by atoms with Crippen LogP contribution < -0.4 is 0 Å². The molecule has 0 aliphatic heterocycles. The van der Waals surface area contributed by atoms with Crippen LogP contribution in [0.1, 0.15) is 33.6 Å². The second-order valence-corrected chi connectivity index (χ2v) is 16.8. The number of nitrogens with zero attached hydrogens (tertiary/aromatic N) is 2. The summed E-state index contributed by atoms with van der Waals surface area (Å²) in [5.74, 6) is 0. The second kappa shape index (κ2) is 10.2. The highest BCUT2D eigenvalue weighted by atomic mass is 35.5. The van der Waals surface area contributed by atoms with Crippen LogP contribution in [-0.2, 0) is 14.4 Å². The zero-order valence-electron chi connectivity index (χ0n) is 19.3. The van der Waals surface area contributed by atoms with Crippen molar-refractivity contribution in [1.29, 1.82) is 0 Å². The highest BCUT2D eigenvalue weighted by molar-refractivity contribution is 7.89.